The first-order chi connectivity index (χ1) is 16.9. The van der Waals surface area contributed by atoms with Crippen molar-refractivity contribution < 1.29 is 23.8 Å². The van der Waals surface area contributed by atoms with Gasteiger partial charge in [0.15, 0.2) is 0 Å². The van der Waals surface area contributed by atoms with E-state index in [4.69, 9.17) is 9.47 Å². The molecule has 0 unspecified atom stereocenters. The van der Waals surface area contributed by atoms with E-state index in [9.17, 15) is 14.3 Å². The number of carbonyl (C=O) groups is 1. The van der Waals surface area contributed by atoms with Crippen LogP contribution in [0, 0.1) is 12.7 Å². The van der Waals surface area contributed by atoms with Gasteiger partial charge in [0.1, 0.15) is 34.5 Å². The second-order valence-electron chi connectivity index (χ2n) is 7.76. The highest BCUT2D eigenvalue weighted by atomic mass is 32.2. The molecule has 1 aliphatic rings. The van der Waals surface area contributed by atoms with Gasteiger partial charge in [0, 0.05) is 5.56 Å². The predicted octanol–water partition coefficient (Wildman–Crippen LogP) is 6.91. The standard InChI is InChI=1S/C28H24FNO4S/c1-3-33-28(32)25-26(31)24(35-27(25)30-22-14-8-18(2)9-15-22)16-20-6-4-5-7-23(20)34-17-19-10-12-21(29)13-11-19/h4-16,31H,3,17H2,1-2H3. The van der Waals surface area contributed by atoms with Gasteiger partial charge < -0.3 is 14.6 Å². The number of thioether (sulfide) groups is 1. The zero-order chi connectivity index (χ0) is 24.8. The smallest absolute Gasteiger partial charge is 0.344 e. The van der Waals surface area contributed by atoms with E-state index in [2.05, 4.69) is 4.99 Å². The summed E-state index contributed by atoms with van der Waals surface area (Å²) >= 11 is 1.19. The summed E-state index contributed by atoms with van der Waals surface area (Å²) in [6.07, 6.45) is 1.75. The molecule has 7 heteroatoms. The van der Waals surface area contributed by atoms with Crippen LogP contribution in [0.1, 0.15) is 23.6 Å². The van der Waals surface area contributed by atoms with E-state index in [0.717, 1.165) is 11.1 Å². The van der Waals surface area contributed by atoms with Crippen molar-refractivity contribution in [2.24, 2.45) is 4.99 Å². The Kier molecular flexibility index (Phi) is 7.67. The van der Waals surface area contributed by atoms with Crippen molar-refractivity contribution in [1.29, 1.82) is 0 Å². The van der Waals surface area contributed by atoms with Gasteiger partial charge in [0.2, 0.25) is 0 Å². The van der Waals surface area contributed by atoms with Gasteiger partial charge in [-0.2, -0.15) is 0 Å². The molecule has 5 nitrogen and oxygen atoms in total. The minimum absolute atomic E-state index is 0.0355. The third-order valence-electron chi connectivity index (χ3n) is 5.15. The molecule has 35 heavy (non-hydrogen) atoms. The van der Waals surface area contributed by atoms with Gasteiger partial charge in [-0.3, -0.25) is 0 Å². The molecule has 0 aliphatic carbocycles. The van der Waals surface area contributed by atoms with Gasteiger partial charge in [0.05, 0.1) is 17.2 Å². The maximum atomic E-state index is 13.2. The van der Waals surface area contributed by atoms with Crippen LogP contribution >= 0.6 is 11.8 Å². The number of carbonyl (C=O) groups excluding carboxylic acids is 1. The van der Waals surface area contributed by atoms with Crippen LogP contribution in [-0.4, -0.2) is 22.7 Å². The fourth-order valence-corrected chi connectivity index (χ4v) is 4.37. The van der Waals surface area contributed by atoms with E-state index in [0.29, 0.717) is 26.9 Å². The van der Waals surface area contributed by atoms with Crippen molar-refractivity contribution in [1.82, 2.24) is 0 Å². The third kappa shape index (κ3) is 6.00. The van der Waals surface area contributed by atoms with E-state index in [1.165, 1.54) is 23.9 Å². The van der Waals surface area contributed by atoms with E-state index in [1.54, 1.807) is 25.1 Å². The van der Waals surface area contributed by atoms with Gasteiger partial charge in [-0.1, -0.05) is 59.8 Å². The molecule has 0 bridgehead atoms. The average molecular weight is 490 g/mol. The summed E-state index contributed by atoms with van der Waals surface area (Å²) < 4.78 is 24.3. The lowest BCUT2D eigenvalue weighted by atomic mass is 10.1. The molecule has 0 saturated carbocycles. The van der Waals surface area contributed by atoms with Gasteiger partial charge in [0.25, 0.3) is 0 Å². The third-order valence-corrected chi connectivity index (χ3v) is 6.17. The summed E-state index contributed by atoms with van der Waals surface area (Å²) in [5.41, 5.74) is 3.33. The molecule has 3 aromatic rings. The van der Waals surface area contributed by atoms with E-state index in [1.807, 2.05) is 55.5 Å². The summed E-state index contributed by atoms with van der Waals surface area (Å²) in [7, 11) is 0. The largest absolute Gasteiger partial charge is 0.506 e. The molecule has 0 radical (unpaired) electrons. The number of aryl methyl sites for hydroxylation is 1. The van der Waals surface area contributed by atoms with Gasteiger partial charge in [-0.15, -0.1) is 0 Å². The number of benzene rings is 3. The predicted molar refractivity (Wildman–Crippen MR) is 137 cm³/mol. The normalized spacial score (nSPS) is 15.6. The molecular weight excluding hydrogens is 465 g/mol. The number of esters is 1. The summed E-state index contributed by atoms with van der Waals surface area (Å²) in [6.45, 7) is 4.12. The number of halogens is 1. The van der Waals surface area contributed by atoms with E-state index >= 15 is 0 Å². The van der Waals surface area contributed by atoms with Gasteiger partial charge in [-0.25, -0.2) is 14.2 Å². The van der Waals surface area contributed by atoms with Crippen LogP contribution in [0.4, 0.5) is 10.1 Å². The first-order valence-corrected chi connectivity index (χ1v) is 11.9. The number of nitrogens with zero attached hydrogens (tertiary/aromatic N) is 1. The van der Waals surface area contributed by atoms with E-state index < -0.39 is 5.97 Å². The molecular formula is C28H24FNO4S. The number of para-hydroxylation sites is 1. The fourth-order valence-electron chi connectivity index (χ4n) is 3.34. The first-order valence-electron chi connectivity index (χ1n) is 11.1. The van der Waals surface area contributed by atoms with E-state index in [-0.39, 0.29) is 30.4 Å². The van der Waals surface area contributed by atoms with Crippen molar-refractivity contribution >= 4 is 34.5 Å². The second kappa shape index (κ2) is 11.1. The molecule has 0 fully saturated rings. The molecule has 4 rings (SSSR count). The molecule has 1 N–H and O–H groups in total. The SMILES string of the molecule is CCOC(=O)C1=C(O)C(=Cc2ccccc2OCc2ccc(F)cc2)SC1=Nc1ccc(C)cc1. The van der Waals surface area contributed by atoms with Crippen molar-refractivity contribution in [3.8, 4) is 5.75 Å². The number of aliphatic imine (C=N–C) groups is 1. The Morgan fingerprint density at radius 2 is 1.77 bits per heavy atom. The quantitative estimate of drug-likeness (QED) is 0.365. The van der Waals surface area contributed by atoms with Gasteiger partial charge >= 0.3 is 5.97 Å². The number of ether oxygens (including phenoxy) is 2. The molecule has 0 aromatic heterocycles. The van der Waals surface area contributed by atoms with Crippen LogP contribution in [-0.2, 0) is 16.1 Å². The Bertz CT molecular complexity index is 1310. The van der Waals surface area contributed by atoms with Crippen molar-refractivity contribution in [3.05, 3.63) is 112 Å². The van der Waals surface area contributed by atoms with Crippen LogP contribution < -0.4 is 4.74 Å². The summed E-state index contributed by atoms with van der Waals surface area (Å²) in [5.74, 6) is -0.542. The highest BCUT2D eigenvalue weighted by molar-refractivity contribution is 8.18. The molecule has 0 atom stereocenters. The highest BCUT2D eigenvalue weighted by Gasteiger charge is 2.33. The minimum atomic E-state index is -0.632. The Hall–Kier alpha value is -3.84. The molecule has 178 valence electrons. The Morgan fingerprint density at radius 3 is 2.49 bits per heavy atom. The highest BCUT2D eigenvalue weighted by Crippen LogP contribution is 2.41. The Balaban J connectivity index is 1.65. The maximum absolute atomic E-state index is 13.2. The van der Waals surface area contributed by atoms with Crippen molar-refractivity contribution in [3.63, 3.8) is 0 Å². The Morgan fingerprint density at radius 1 is 1.06 bits per heavy atom. The van der Waals surface area contributed by atoms with Crippen molar-refractivity contribution in [2.45, 2.75) is 20.5 Å². The summed E-state index contributed by atoms with van der Waals surface area (Å²) in [4.78, 5) is 17.7. The zero-order valence-corrected chi connectivity index (χ0v) is 20.1. The monoisotopic (exact) mass is 489 g/mol. The lowest BCUT2D eigenvalue weighted by Crippen LogP contribution is -2.12. The summed E-state index contributed by atoms with van der Waals surface area (Å²) in [6, 6.07) is 21.0. The lowest BCUT2D eigenvalue weighted by molar-refractivity contribution is -0.138. The molecule has 0 spiro atoms. The molecule has 0 saturated heterocycles. The maximum Gasteiger partial charge on any atom is 0.344 e. The summed E-state index contributed by atoms with van der Waals surface area (Å²) in [5, 5.41) is 11.3. The van der Waals surface area contributed by atoms with Crippen LogP contribution in [0.2, 0.25) is 0 Å². The second-order valence-corrected chi connectivity index (χ2v) is 8.79. The lowest BCUT2D eigenvalue weighted by Gasteiger charge is -2.10. The van der Waals surface area contributed by atoms with Crippen LogP contribution in [0.15, 0.2) is 94.0 Å². The number of aliphatic hydroxyl groups is 1. The number of rotatable bonds is 7. The minimum Gasteiger partial charge on any atom is -0.506 e. The fraction of sp³-hybridized carbons (Fsp3) is 0.143. The molecule has 1 heterocycles. The zero-order valence-electron chi connectivity index (χ0n) is 19.3. The molecule has 1 aliphatic heterocycles. The van der Waals surface area contributed by atoms with Gasteiger partial charge in [-0.05, 0) is 55.8 Å². The number of aliphatic hydroxyl groups excluding tert-OH is 1. The number of hydrogen-bond acceptors (Lipinski definition) is 6. The van der Waals surface area contributed by atoms with Crippen molar-refractivity contribution in [2.75, 3.05) is 6.61 Å². The topological polar surface area (TPSA) is 68.1 Å². The average Bonchev–Trinajstić information content (AvgIpc) is 3.15. The van der Waals surface area contributed by atoms with Crippen LogP contribution in [0.3, 0.4) is 0 Å². The first kappa shape index (κ1) is 24.3. The molecule has 0 amide bonds. The van der Waals surface area contributed by atoms with Crippen LogP contribution in [0.25, 0.3) is 6.08 Å². The Labute approximate surface area is 207 Å². The van der Waals surface area contributed by atoms with Crippen LogP contribution in [0.5, 0.6) is 5.75 Å². The molecule has 3 aromatic carbocycles. The number of hydrogen-bond donors (Lipinski definition) is 1.